The number of H-pyrrole nitrogens is 1. The lowest BCUT2D eigenvalue weighted by molar-refractivity contribution is 0.340. The minimum absolute atomic E-state index is 0.0460. The molecule has 0 atom stereocenters. The Balaban J connectivity index is 2.18. The van der Waals surface area contributed by atoms with E-state index in [1.54, 1.807) is 10.5 Å². The van der Waals surface area contributed by atoms with Crippen molar-refractivity contribution in [3.05, 3.63) is 11.8 Å². The third-order valence-corrected chi connectivity index (χ3v) is 5.76. The minimum atomic E-state index is -3.50. The molecule has 21 heavy (non-hydrogen) atoms. The van der Waals surface area contributed by atoms with Crippen LogP contribution in [0.1, 0.15) is 45.6 Å². The number of aromatic nitrogens is 2. The van der Waals surface area contributed by atoms with E-state index in [1.165, 1.54) is 0 Å². The smallest absolute Gasteiger partial charge is 0.260 e. The molecule has 1 heterocycles. The number of rotatable bonds is 9. The highest BCUT2D eigenvalue weighted by molar-refractivity contribution is 7.89. The molecule has 2 rings (SSSR count). The first-order valence-corrected chi connectivity index (χ1v) is 9.15. The van der Waals surface area contributed by atoms with Crippen molar-refractivity contribution >= 4 is 10.0 Å². The minimum Gasteiger partial charge on any atom is -0.313 e. The summed E-state index contributed by atoms with van der Waals surface area (Å²) in [5.74, 6) is 0.520. The lowest BCUT2D eigenvalue weighted by Gasteiger charge is -2.25. The Morgan fingerprint density at radius 2 is 2.19 bits per heavy atom. The summed E-state index contributed by atoms with van der Waals surface area (Å²) >= 11 is 0. The molecule has 0 amide bonds. The summed E-state index contributed by atoms with van der Waals surface area (Å²) in [6, 6.07) is -0.0460. The molecular formula is C14H26N4O2S. The van der Waals surface area contributed by atoms with E-state index in [0.29, 0.717) is 24.6 Å². The van der Waals surface area contributed by atoms with Crippen LogP contribution in [0.25, 0.3) is 0 Å². The molecule has 0 bridgehead atoms. The van der Waals surface area contributed by atoms with Crippen LogP contribution in [-0.4, -0.2) is 42.1 Å². The fourth-order valence-corrected chi connectivity index (χ4v) is 4.13. The highest BCUT2D eigenvalue weighted by atomic mass is 32.2. The average molecular weight is 314 g/mol. The summed E-state index contributed by atoms with van der Waals surface area (Å²) in [4.78, 5) is 0. The fraction of sp³-hybridized carbons (Fsp3) is 0.786. The maximum Gasteiger partial charge on any atom is 0.260 e. The van der Waals surface area contributed by atoms with Gasteiger partial charge in [0.2, 0.25) is 0 Å². The van der Waals surface area contributed by atoms with Gasteiger partial charge < -0.3 is 5.32 Å². The van der Waals surface area contributed by atoms with Crippen molar-refractivity contribution in [2.75, 3.05) is 13.1 Å². The van der Waals surface area contributed by atoms with Crippen LogP contribution in [0.2, 0.25) is 0 Å². The first-order chi connectivity index (χ1) is 9.96. The van der Waals surface area contributed by atoms with Gasteiger partial charge in [-0.05, 0) is 45.6 Å². The third-order valence-electron chi connectivity index (χ3n) is 3.70. The average Bonchev–Trinajstić information content (AvgIpc) is 3.12. The van der Waals surface area contributed by atoms with Crippen molar-refractivity contribution in [1.82, 2.24) is 19.8 Å². The Labute approximate surface area is 127 Å². The van der Waals surface area contributed by atoms with Gasteiger partial charge in [0, 0.05) is 24.7 Å². The second kappa shape index (κ2) is 6.89. The zero-order valence-corrected chi connectivity index (χ0v) is 13.9. The van der Waals surface area contributed by atoms with Crippen molar-refractivity contribution in [2.45, 2.75) is 57.6 Å². The largest absolute Gasteiger partial charge is 0.313 e. The molecule has 0 spiro atoms. The van der Waals surface area contributed by atoms with E-state index in [0.717, 1.165) is 25.8 Å². The number of hydrogen-bond donors (Lipinski definition) is 2. The van der Waals surface area contributed by atoms with Gasteiger partial charge >= 0.3 is 0 Å². The van der Waals surface area contributed by atoms with E-state index in [9.17, 15) is 8.42 Å². The Kier molecular flexibility index (Phi) is 5.40. The molecule has 1 aliphatic rings. The van der Waals surface area contributed by atoms with Crippen molar-refractivity contribution in [3.63, 3.8) is 0 Å². The van der Waals surface area contributed by atoms with Gasteiger partial charge in [-0.25, -0.2) is 8.42 Å². The molecule has 6 nitrogen and oxygen atoms in total. The van der Waals surface area contributed by atoms with E-state index < -0.39 is 10.0 Å². The van der Waals surface area contributed by atoms with Gasteiger partial charge in [-0.2, -0.15) is 9.40 Å². The molecule has 1 saturated carbocycles. The molecule has 1 fully saturated rings. The summed E-state index contributed by atoms with van der Waals surface area (Å²) < 4.78 is 27.4. The Bertz CT molecular complexity index is 549. The molecular weight excluding hydrogens is 288 g/mol. The molecule has 2 N–H and O–H groups in total. The number of hydrogen-bond acceptors (Lipinski definition) is 4. The van der Waals surface area contributed by atoms with Gasteiger partial charge in [-0.15, -0.1) is 0 Å². The predicted octanol–water partition coefficient (Wildman–Crippen LogP) is 1.72. The van der Waals surface area contributed by atoms with Gasteiger partial charge in [0.1, 0.15) is 0 Å². The Morgan fingerprint density at radius 1 is 1.48 bits per heavy atom. The number of nitrogens with zero attached hydrogens (tertiary/aromatic N) is 2. The summed E-state index contributed by atoms with van der Waals surface area (Å²) in [6.07, 6.45) is 4.88. The van der Waals surface area contributed by atoms with Crippen LogP contribution in [0.3, 0.4) is 0 Å². The Hall–Kier alpha value is -0.920. The lowest BCUT2D eigenvalue weighted by atomic mass is 10.3. The molecule has 1 aliphatic carbocycles. The van der Waals surface area contributed by atoms with Crippen LogP contribution in [0.15, 0.2) is 11.2 Å². The maximum atomic E-state index is 12.9. The summed E-state index contributed by atoms with van der Waals surface area (Å²) in [6.45, 7) is 7.92. The molecule has 0 radical (unpaired) electrons. The van der Waals surface area contributed by atoms with Gasteiger partial charge in [0.05, 0.1) is 6.20 Å². The van der Waals surface area contributed by atoms with E-state index in [-0.39, 0.29) is 11.1 Å². The topological polar surface area (TPSA) is 78.1 Å². The quantitative estimate of drug-likeness (QED) is 0.680. The first kappa shape index (κ1) is 16.5. The van der Waals surface area contributed by atoms with E-state index >= 15 is 0 Å². The lowest BCUT2D eigenvalue weighted by Crippen LogP contribution is -2.39. The zero-order valence-electron chi connectivity index (χ0n) is 13.1. The fourth-order valence-electron chi connectivity index (χ4n) is 2.31. The van der Waals surface area contributed by atoms with Gasteiger partial charge in [0.15, 0.2) is 5.03 Å². The monoisotopic (exact) mass is 314 g/mol. The Morgan fingerprint density at radius 3 is 2.76 bits per heavy atom. The highest BCUT2D eigenvalue weighted by Gasteiger charge is 2.35. The molecule has 0 saturated heterocycles. The predicted molar refractivity (Wildman–Crippen MR) is 82.3 cm³/mol. The molecule has 1 aromatic heterocycles. The summed E-state index contributed by atoms with van der Waals surface area (Å²) in [5.41, 5.74) is 0.713. The second-order valence-corrected chi connectivity index (χ2v) is 7.84. The van der Waals surface area contributed by atoms with Crippen molar-refractivity contribution < 1.29 is 8.42 Å². The van der Waals surface area contributed by atoms with Crippen molar-refractivity contribution in [2.24, 2.45) is 5.92 Å². The first-order valence-electron chi connectivity index (χ1n) is 7.71. The van der Waals surface area contributed by atoms with Gasteiger partial charge in [-0.1, -0.05) is 6.92 Å². The van der Waals surface area contributed by atoms with Crippen LogP contribution in [-0.2, 0) is 16.6 Å². The number of nitrogens with one attached hydrogen (secondary N) is 2. The standard InChI is InChI=1S/C14H26N4O2S/c1-4-7-15-8-13-9-16-17-14(13)21(19,20)18(11(2)3)10-12-5-6-12/h9,11-12,15H,4-8,10H2,1-3H3,(H,16,17). The van der Waals surface area contributed by atoms with Crippen LogP contribution >= 0.6 is 0 Å². The van der Waals surface area contributed by atoms with Gasteiger partial charge in [0.25, 0.3) is 10.0 Å². The molecule has 7 heteroatoms. The maximum absolute atomic E-state index is 12.9. The number of aromatic amines is 1. The van der Waals surface area contributed by atoms with E-state index in [2.05, 4.69) is 22.4 Å². The van der Waals surface area contributed by atoms with Crippen LogP contribution in [0, 0.1) is 5.92 Å². The molecule has 0 unspecified atom stereocenters. The van der Waals surface area contributed by atoms with E-state index in [4.69, 9.17) is 0 Å². The summed E-state index contributed by atoms with van der Waals surface area (Å²) in [7, 11) is -3.50. The molecule has 0 aliphatic heterocycles. The van der Waals surface area contributed by atoms with Crippen LogP contribution in [0.5, 0.6) is 0 Å². The normalized spacial score (nSPS) is 16.0. The van der Waals surface area contributed by atoms with Crippen molar-refractivity contribution in [3.8, 4) is 0 Å². The van der Waals surface area contributed by atoms with Crippen LogP contribution in [0.4, 0.5) is 0 Å². The summed E-state index contributed by atoms with van der Waals surface area (Å²) in [5, 5.41) is 10.1. The van der Waals surface area contributed by atoms with Gasteiger partial charge in [-0.3, -0.25) is 5.10 Å². The third kappa shape index (κ3) is 4.05. The highest BCUT2D eigenvalue weighted by Crippen LogP contribution is 2.32. The SMILES string of the molecule is CCCNCc1cn[nH]c1S(=O)(=O)N(CC1CC1)C(C)C. The zero-order chi connectivity index (χ0) is 15.5. The van der Waals surface area contributed by atoms with Crippen LogP contribution < -0.4 is 5.32 Å². The molecule has 120 valence electrons. The van der Waals surface area contributed by atoms with Crippen molar-refractivity contribution in [1.29, 1.82) is 0 Å². The molecule has 1 aromatic rings. The molecule has 0 aromatic carbocycles. The number of sulfonamides is 1. The second-order valence-electron chi connectivity index (χ2n) is 6.01. The van der Waals surface area contributed by atoms with E-state index in [1.807, 2.05) is 13.8 Å².